The Bertz CT molecular complexity index is 1030. The van der Waals surface area contributed by atoms with E-state index in [4.69, 9.17) is 9.47 Å². The lowest BCUT2D eigenvalue weighted by molar-refractivity contribution is -0.140. The maximum Gasteiger partial charge on any atom is 0.263 e. The summed E-state index contributed by atoms with van der Waals surface area (Å²) in [5, 5.41) is 0. The molecule has 2 atom stereocenters. The van der Waals surface area contributed by atoms with Gasteiger partial charge in [-0.2, -0.15) is 0 Å². The summed E-state index contributed by atoms with van der Waals surface area (Å²) in [5.41, 5.74) is 3.00. The number of sulfone groups is 1. The largest absolute Gasteiger partial charge is 0.494 e. The fourth-order valence-electron chi connectivity index (χ4n) is 3.84. The van der Waals surface area contributed by atoms with Gasteiger partial charge in [-0.15, -0.1) is 0 Å². The molecule has 2 aromatic rings. The fourth-order valence-corrected chi connectivity index (χ4v) is 5.57. The molecule has 32 heavy (non-hydrogen) atoms. The van der Waals surface area contributed by atoms with E-state index in [0.717, 1.165) is 28.9 Å². The number of ether oxygens (including phenoxy) is 2. The van der Waals surface area contributed by atoms with Crippen LogP contribution in [-0.4, -0.2) is 49.5 Å². The molecule has 2 unspecified atom stereocenters. The average molecular weight is 460 g/mol. The van der Waals surface area contributed by atoms with Crippen LogP contribution in [0.1, 0.15) is 43.4 Å². The number of hydrogen-bond acceptors (Lipinski definition) is 5. The topological polar surface area (TPSA) is 72.9 Å². The molecule has 7 heteroatoms. The maximum absolute atomic E-state index is 13.4. The molecule has 1 aliphatic rings. The van der Waals surface area contributed by atoms with Crippen LogP contribution >= 0.6 is 0 Å². The summed E-state index contributed by atoms with van der Waals surface area (Å²) in [5.74, 6) is 1.34. The Morgan fingerprint density at radius 3 is 2.50 bits per heavy atom. The number of rotatable bonds is 9. The van der Waals surface area contributed by atoms with Crippen molar-refractivity contribution >= 4 is 15.7 Å². The van der Waals surface area contributed by atoms with Crippen molar-refractivity contribution in [3.05, 3.63) is 59.2 Å². The van der Waals surface area contributed by atoms with Gasteiger partial charge in [0.15, 0.2) is 15.9 Å². The van der Waals surface area contributed by atoms with E-state index in [1.807, 2.05) is 56.3 Å². The zero-order valence-corrected chi connectivity index (χ0v) is 20.2. The number of carbonyl (C=O) groups excluding carboxylic acids is 1. The highest BCUT2D eigenvalue weighted by Gasteiger charge is 2.36. The minimum atomic E-state index is -3.13. The molecule has 0 radical (unpaired) electrons. The summed E-state index contributed by atoms with van der Waals surface area (Å²) < 4.78 is 35.9. The summed E-state index contributed by atoms with van der Waals surface area (Å²) in [7, 11) is -3.13. The van der Waals surface area contributed by atoms with Gasteiger partial charge in [0.05, 0.1) is 18.1 Å². The number of amides is 1. The molecular formula is C25H33NO5S. The molecule has 0 bridgehead atoms. The van der Waals surface area contributed by atoms with Crippen molar-refractivity contribution in [2.45, 2.75) is 59.2 Å². The molecule has 1 saturated heterocycles. The highest BCUT2D eigenvalue weighted by atomic mass is 32.2. The summed E-state index contributed by atoms with van der Waals surface area (Å²) in [4.78, 5) is 15.1. The van der Waals surface area contributed by atoms with Gasteiger partial charge >= 0.3 is 0 Å². The van der Waals surface area contributed by atoms with Crippen LogP contribution < -0.4 is 9.47 Å². The molecule has 1 heterocycles. The average Bonchev–Trinajstić information content (AvgIpc) is 3.13. The molecule has 2 aromatic carbocycles. The second kappa shape index (κ2) is 10.4. The van der Waals surface area contributed by atoms with Crippen LogP contribution in [0.5, 0.6) is 11.5 Å². The van der Waals surface area contributed by atoms with Gasteiger partial charge in [0.1, 0.15) is 11.5 Å². The number of benzene rings is 2. The third kappa shape index (κ3) is 6.03. The first-order chi connectivity index (χ1) is 15.2. The minimum Gasteiger partial charge on any atom is -0.494 e. The van der Waals surface area contributed by atoms with Gasteiger partial charge < -0.3 is 14.4 Å². The van der Waals surface area contributed by atoms with Crippen LogP contribution in [-0.2, 0) is 21.2 Å². The second-order valence-corrected chi connectivity index (χ2v) is 10.7. The van der Waals surface area contributed by atoms with E-state index in [0.29, 0.717) is 25.3 Å². The lowest BCUT2D eigenvalue weighted by Crippen LogP contribution is -2.46. The Labute approximate surface area is 191 Å². The molecule has 0 aromatic heterocycles. The maximum atomic E-state index is 13.4. The summed E-state index contributed by atoms with van der Waals surface area (Å²) in [6.07, 6.45) is 0.645. The van der Waals surface area contributed by atoms with Crippen LogP contribution in [0, 0.1) is 13.8 Å². The summed E-state index contributed by atoms with van der Waals surface area (Å²) in [6.45, 7) is 8.71. The molecule has 1 aliphatic heterocycles. The molecule has 174 valence electrons. The Balaban J connectivity index is 1.79. The third-order valence-corrected chi connectivity index (χ3v) is 7.64. The second-order valence-electron chi connectivity index (χ2n) is 8.47. The first kappa shape index (κ1) is 24.1. The zero-order chi connectivity index (χ0) is 23.3. The van der Waals surface area contributed by atoms with E-state index >= 15 is 0 Å². The van der Waals surface area contributed by atoms with Gasteiger partial charge in [-0.25, -0.2) is 8.42 Å². The van der Waals surface area contributed by atoms with Crippen molar-refractivity contribution in [2.24, 2.45) is 0 Å². The Kier molecular flexibility index (Phi) is 7.82. The highest BCUT2D eigenvalue weighted by molar-refractivity contribution is 7.91. The molecule has 1 fully saturated rings. The number of aryl methyl sites for hydroxylation is 1. The number of hydrogen-bond donors (Lipinski definition) is 0. The summed E-state index contributed by atoms with van der Waals surface area (Å²) in [6, 6.07) is 13.0. The van der Waals surface area contributed by atoms with Gasteiger partial charge in [-0.1, -0.05) is 31.2 Å². The van der Waals surface area contributed by atoms with Crippen molar-refractivity contribution in [2.75, 3.05) is 18.1 Å². The fraction of sp³-hybridized carbons (Fsp3) is 0.480. The van der Waals surface area contributed by atoms with Crippen LogP contribution in [0.25, 0.3) is 0 Å². The molecule has 0 aliphatic carbocycles. The SMILES string of the molecule is CCCOc1ccc(CN(C(=O)C(C)Oc2cccc(C)c2C)C2CCS(=O)(=O)C2)cc1. The van der Waals surface area contributed by atoms with Crippen LogP contribution in [0.3, 0.4) is 0 Å². The normalized spacial score (nSPS) is 18.2. The van der Waals surface area contributed by atoms with Gasteiger partial charge in [0.25, 0.3) is 5.91 Å². The van der Waals surface area contributed by atoms with Crippen molar-refractivity contribution in [1.82, 2.24) is 4.90 Å². The lowest BCUT2D eigenvalue weighted by atomic mass is 10.1. The third-order valence-electron chi connectivity index (χ3n) is 5.89. The van der Waals surface area contributed by atoms with E-state index in [1.54, 1.807) is 11.8 Å². The Morgan fingerprint density at radius 2 is 1.88 bits per heavy atom. The van der Waals surface area contributed by atoms with E-state index in [9.17, 15) is 13.2 Å². The predicted molar refractivity (Wildman–Crippen MR) is 126 cm³/mol. The van der Waals surface area contributed by atoms with Crippen molar-refractivity contribution in [3.8, 4) is 11.5 Å². The van der Waals surface area contributed by atoms with Crippen molar-refractivity contribution < 1.29 is 22.7 Å². The van der Waals surface area contributed by atoms with Crippen LogP contribution in [0.2, 0.25) is 0 Å². The van der Waals surface area contributed by atoms with Crippen LogP contribution in [0.15, 0.2) is 42.5 Å². The molecule has 3 rings (SSSR count). The predicted octanol–water partition coefficient (Wildman–Crippen LogP) is 4.08. The van der Waals surface area contributed by atoms with Gasteiger partial charge in [-0.3, -0.25) is 4.79 Å². The van der Waals surface area contributed by atoms with Crippen molar-refractivity contribution in [3.63, 3.8) is 0 Å². The lowest BCUT2D eigenvalue weighted by Gasteiger charge is -2.31. The number of carbonyl (C=O) groups is 1. The molecule has 0 saturated carbocycles. The van der Waals surface area contributed by atoms with Gasteiger partial charge in [-0.05, 0) is 68.5 Å². The molecule has 6 nitrogen and oxygen atoms in total. The number of nitrogens with zero attached hydrogens (tertiary/aromatic N) is 1. The highest BCUT2D eigenvalue weighted by Crippen LogP contribution is 2.25. The summed E-state index contributed by atoms with van der Waals surface area (Å²) >= 11 is 0. The van der Waals surface area contributed by atoms with E-state index in [-0.39, 0.29) is 23.5 Å². The quantitative estimate of drug-likeness (QED) is 0.565. The zero-order valence-electron chi connectivity index (χ0n) is 19.3. The van der Waals surface area contributed by atoms with E-state index < -0.39 is 15.9 Å². The first-order valence-electron chi connectivity index (χ1n) is 11.2. The standard InChI is InChI=1S/C25H33NO5S/c1-5-14-30-23-11-9-21(10-12-23)16-26(22-13-15-32(28,29)17-22)25(27)20(4)31-24-8-6-7-18(2)19(24)3/h6-12,20,22H,5,13-17H2,1-4H3. The minimum absolute atomic E-state index is 0.00731. The van der Waals surface area contributed by atoms with Gasteiger partial charge in [0.2, 0.25) is 0 Å². The monoisotopic (exact) mass is 459 g/mol. The Morgan fingerprint density at radius 1 is 1.16 bits per heavy atom. The van der Waals surface area contributed by atoms with Crippen LogP contribution in [0.4, 0.5) is 0 Å². The molecule has 0 N–H and O–H groups in total. The molecular weight excluding hydrogens is 426 g/mol. The van der Waals surface area contributed by atoms with E-state index in [1.165, 1.54) is 0 Å². The Hall–Kier alpha value is -2.54. The van der Waals surface area contributed by atoms with E-state index in [2.05, 4.69) is 6.92 Å². The van der Waals surface area contributed by atoms with Crippen molar-refractivity contribution in [1.29, 1.82) is 0 Å². The first-order valence-corrected chi connectivity index (χ1v) is 13.0. The smallest absolute Gasteiger partial charge is 0.263 e. The molecule has 1 amide bonds. The molecule has 0 spiro atoms. The van der Waals surface area contributed by atoms with Gasteiger partial charge in [0, 0.05) is 12.6 Å².